The summed E-state index contributed by atoms with van der Waals surface area (Å²) in [5, 5.41) is 2.98. The Labute approximate surface area is 107 Å². The average molecular weight is 252 g/mol. The van der Waals surface area contributed by atoms with Crippen molar-refractivity contribution in [2.45, 2.75) is 32.8 Å². The number of anilines is 2. The van der Waals surface area contributed by atoms with Gasteiger partial charge in [0.05, 0.1) is 5.69 Å². The van der Waals surface area contributed by atoms with Gasteiger partial charge in [-0.15, -0.1) is 0 Å². The Kier molecular flexibility index (Phi) is 4.36. The summed E-state index contributed by atoms with van der Waals surface area (Å²) in [6.07, 6.45) is 0.252. The van der Waals surface area contributed by atoms with Gasteiger partial charge in [-0.1, -0.05) is 0 Å². The maximum atomic E-state index is 10.6. The van der Waals surface area contributed by atoms with Crippen LogP contribution in [0.5, 0.6) is 5.88 Å². The number of amides is 1. The van der Waals surface area contributed by atoms with E-state index in [2.05, 4.69) is 10.3 Å². The minimum atomic E-state index is -0.368. The van der Waals surface area contributed by atoms with Gasteiger partial charge in [0.1, 0.15) is 11.4 Å². The molecule has 18 heavy (non-hydrogen) atoms. The fourth-order valence-corrected chi connectivity index (χ4v) is 1.24. The Hall–Kier alpha value is -1.98. The van der Waals surface area contributed by atoms with Crippen molar-refractivity contribution < 1.29 is 9.53 Å². The highest BCUT2D eigenvalue weighted by molar-refractivity contribution is 5.74. The predicted molar refractivity (Wildman–Crippen MR) is 71.3 cm³/mol. The number of primary amides is 1. The number of hydrogen-bond acceptors (Lipinski definition) is 5. The fourth-order valence-electron chi connectivity index (χ4n) is 1.24. The summed E-state index contributed by atoms with van der Waals surface area (Å²) in [6, 6.07) is 3.44. The van der Waals surface area contributed by atoms with Crippen LogP contribution in [0, 0.1) is 0 Å². The highest BCUT2D eigenvalue weighted by atomic mass is 16.5. The lowest BCUT2D eigenvalue weighted by molar-refractivity contribution is -0.117. The molecule has 0 aliphatic rings. The zero-order chi connectivity index (χ0) is 13.8. The molecule has 0 unspecified atom stereocenters. The second kappa shape index (κ2) is 5.57. The van der Waals surface area contributed by atoms with Crippen molar-refractivity contribution in [1.29, 1.82) is 0 Å². The van der Waals surface area contributed by atoms with E-state index in [-0.39, 0.29) is 17.9 Å². The van der Waals surface area contributed by atoms with Crippen LogP contribution in [0.2, 0.25) is 0 Å². The van der Waals surface area contributed by atoms with Crippen LogP contribution in [0.1, 0.15) is 27.2 Å². The molecule has 0 spiro atoms. The van der Waals surface area contributed by atoms with E-state index in [1.165, 1.54) is 0 Å². The molecule has 1 rings (SSSR count). The van der Waals surface area contributed by atoms with Crippen molar-refractivity contribution in [3.05, 3.63) is 12.1 Å². The van der Waals surface area contributed by atoms with Gasteiger partial charge in [0.15, 0.2) is 0 Å². The first kappa shape index (κ1) is 14.1. The molecule has 0 bridgehead atoms. The van der Waals surface area contributed by atoms with E-state index in [1.807, 2.05) is 20.8 Å². The summed E-state index contributed by atoms with van der Waals surface area (Å²) in [7, 11) is 0. The number of carbonyl (C=O) groups is 1. The topological polar surface area (TPSA) is 103 Å². The van der Waals surface area contributed by atoms with Crippen LogP contribution in [0.15, 0.2) is 12.1 Å². The van der Waals surface area contributed by atoms with Gasteiger partial charge < -0.3 is 21.5 Å². The maximum Gasteiger partial charge on any atom is 0.239 e. The molecular weight excluding hydrogens is 232 g/mol. The monoisotopic (exact) mass is 252 g/mol. The highest BCUT2D eigenvalue weighted by Gasteiger charge is 2.15. The van der Waals surface area contributed by atoms with Gasteiger partial charge in [0.2, 0.25) is 11.8 Å². The number of pyridine rings is 1. The van der Waals surface area contributed by atoms with E-state index in [4.69, 9.17) is 16.2 Å². The summed E-state index contributed by atoms with van der Waals surface area (Å²) in [4.78, 5) is 14.9. The number of nitrogen functional groups attached to an aromatic ring is 1. The molecule has 6 heteroatoms. The van der Waals surface area contributed by atoms with Crippen molar-refractivity contribution in [3.8, 4) is 5.88 Å². The third-order valence-electron chi connectivity index (χ3n) is 1.97. The van der Waals surface area contributed by atoms with Gasteiger partial charge in [-0.2, -0.15) is 4.98 Å². The SMILES string of the molecule is CC(C)(C)Oc1nc(NCCC(N)=O)ccc1N. The van der Waals surface area contributed by atoms with Gasteiger partial charge in [-0.05, 0) is 32.9 Å². The van der Waals surface area contributed by atoms with E-state index in [0.717, 1.165) is 0 Å². The number of nitrogens with zero attached hydrogens (tertiary/aromatic N) is 1. The molecule has 1 heterocycles. The molecule has 5 N–H and O–H groups in total. The third-order valence-corrected chi connectivity index (χ3v) is 1.97. The van der Waals surface area contributed by atoms with Gasteiger partial charge in [-0.25, -0.2) is 0 Å². The van der Waals surface area contributed by atoms with Crippen molar-refractivity contribution in [1.82, 2.24) is 4.98 Å². The van der Waals surface area contributed by atoms with Crippen LogP contribution in [0.3, 0.4) is 0 Å². The Morgan fingerprint density at radius 3 is 2.67 bits per heavy atom. The van der Waals surface area contributed by atoms with E-state index in [1.54, 1.807) is 12.1 Å². The van der Waals surface area contributed by atoms with Crippen LogP contribution in [0.25, 0.3) is 0 Å². The molecule has 0 aromatic carbocycles. The van der Waals surface area contributed by atoms with Crippen LogP contribution in [-0.4, -0.2) is 23.0 Å². The molecule has 0 atom stereocenters. The highest BCUT2D eigenvalue weighted by Crippen LogP contribution is 2.24. The molecule has 1 aromatic rings. The van der Waals surface area contributed by atoms with Crippen molar-refractivity contribution in [2.24, 2.45) is 5.73 Å². The second-order valence-corrected chi connectivity index (χ2v) is 4.95. The summed E-state index contributed by atoms with van der Waals surface area (Å²) < 4.78 is 5.63. The largest absolute Gasteiger partial charge is 0.470 e. The number of rotatable bonds is 5. The van der Waals surface area contributed by atoms with Gasteiger partial charge in [-0.3, -0.25) is 4.79 Å². The molecule has 0 radical (unpaired) electrons. The first-order chi connectivity index (χ1) is 8.28. The minimum absolute atomic E-state index is 0.252. The van der Waals surface area contributed by atoms with Gasteiger partial charge >= 0.3 is 0 Å². The van der Waals surface area contributed by atoms with E-state index >= 15 is 0 Å². The third kappa shape index (κ3) is 4.90. The summed E-state index contributed by atoms with van der Waals surface area (Å²) in [5.74, 6) is 0.625. The number of hydrogen-bond donors (Lipinski definition) is 3. The molecule has 0 aliphatic heterocycles. The lowest BCUT2D eigenvalue weighted by Crippen LogP contribution is -2.24. The van der Waals surface area contributed by atoms with Crippen LogP contribution in [0.4, 0.5) is 11.5 Å². The number of ether oxygens (including phenoxy) is 1. The van der Waals surface area contributed by atoms with Crippen molar-refractivity contribution in [2.75, 3.05) is 17.6 Å². The van der Waals surface area contributed by atoms with E-state index in [9.17, 15) is 4.79 Å². The zero-order valence-electron chi connectivity index (χ0n) is 11.0. The summed E-state index contributed by atoms with van der Waals surface area (Å²) in [6.45, 7) is 6.19. The van der Waals surface area contributed by atoms with Crippen LogP contribution >= 0.6 is 0 Å². The number of nitrogens with one attached hydrogen (secondary N) is 1. The molecule has 0 saturated heterocycles. The molecule has 100 valence electrons. The average Bonchev–Trinajstić information content (AvgIpc) is 2.20. The molecule has 0 saturated carbocycles. The van der Waals surface area contributed by atoms with Crippen LogP contribution in [-0.2, 0) is 4.79 Å². The van der Waals surface area contributed by atoms with Gasteiger partial charge in [0.25, 0.3) is 0 Å². The quantitative estimate of drug-likeness (QED) is 0.728. The standard InChI is InChI=1S/C12H20N4O2/c1-12(2,3)18-11-8(13)4-5-10(16-11)15-7-6-9(14)17/h4-5H,6-7,13H2,1-3H3,(H2,14,17)(H,15,16). The zero-order valence-corrected chi connectivity index (χ0v) is 11.0. The molecule has 6 nitrogen and oxygen atoms in total. The van der Waals surface area contributed by atoms with E-state index in [0.29, 0.717) is 23.9 Å². The Balaban J connectivity index is 2.71. The number of aromatic nitrogens is 1. The molecule has 1 aromatic heterocycles. The van der Waals surface area contributed by atoms with Gasteiger partial charge in [0, 0.05) is 13.0 Å². The molecule has 1 amide bonds. The first-order valence-corrected chi connectivity index (χ1v) is 5.75. The molecular formula is C12H20N4O2. The second-order valence-electron chi connectivity index (χ2n) is 4.95. The Morgan fingerprint density at radius 1 is 1.44 bits per heavy atom. The Morgan fingerprint density at radius 2 is 2.11 bits per heavy atom. The van der Waals surface area contributed by atoms with Crippen molar-refractivity contribution in [3.63, 3.8) is 0 Å². The first-order valence-electron chi connectivity index (χ1n) is 5.75. The number of nitrogens with two attached hydrogens (primary N) is 2. The number of carbonyl (C=O) groups excluding carboxylic acids is 1. The van der Waals surface area contributed by atoms with E-state index < -0.39 is 0 Å². The maximum absolute atomic E-state index is 10.6. The lowest BCUT2D eigenvalue weighted by atomic mass is 10.2. The molecule has 0 aliphatic carbocycles. The van der Waals surface area contributed by atoms with Crippen LogP contribution < -0.4 is 21.5 Å². The fraction of sp³-hybridized carbons (Fsp3) is 0.500. The summed E-state index contributed by atoms with van der Waals surface area (Å²) in [5.41, 5.74) is 10.9. The van der Waals surface area contributed by atoms with Crippen molar-refractivity contribution >= 4 is 17.4 Å². The summed E-state index contributed by atoms with van der Waals surface area (Å²) >= 11 is 0. The lowest BCUT2D eigenvalue weighted by Gasteiger charge is -2.21. The smallest absolute Gasteiger partial charge is 0.239 e. The minimum Gasteiger partial charge on any atom is -0.470 e. The Bertz CT molecular complexity index is 427. The normalized spacial score (nSPS) is 11.1. The predicted octanol–water partition coefficient (Wildman–Crippen LogP) is 1.13. The molecule has 0 fully saturated rings.